The third-order valence-electron chi connectivity index (χ3n) is 1.73. The van der Waals surface area contributed by atoms with Gasteiger partial charge in [-0.15, -0.1) is 0 Å². The van der Waals surface area contributed by atoms with E-state index >= 15 is 0 Å². The van der Waals surface area contributed by atoms with Gasteiger partial charge in [-0.25, -0.2) is 0 Å². The fraction of sp³-hybridized carbons (Fsp3) is 0.231. The van der Waals surface area contributed by atoms with Crippen LogP contribution in [0.5, 0.6) is 0 Å². The molecule has 7 heteroatoms. The smallest absolute Gasteiger partial charge is 1.00 e. The van der Waals surface area contributed by atoms with Crippen molar-refractivity contribution in [3.63, 3.8) is 0 Å². The molecule has 0 saturated heterocycles. The molecule has 0 heterocycles. The topological polar surface area (TPSA) is 77.4 Å². The van der Waals surface area contributed by atoms with E-state index in [0.717, 1.165) is 5.56 Å². The van der Waals surface area contributed by atoms with Crippen molar-refractivity contribution >= 4 is 11.9 Å². The Bertz CT molecular complexity index is 426. The minimum atomic E-state index is -2.08. The molecular formula is C13H17ClNNaO4. The first-order chi connectivity index (χ1) is 8.22. The number of rotatable bonds is 3. The summed E-state index contributed by atoms with van der Waals surface area (Å²) >= 11 is 0. The number of quaternary nitrogens is 1. The fourth-order valence-electron chi connectivity index (χ4n) is 0.990. The minimum absolute atomic E-state index is 0. The monoisotopic (exact) mass is 309 g/mol. The Hall–Kier alpha value is -0.850. The van der Waals surface area contributed by atoms with Crippen molar-refractivity contribution in [1.29, 1.82) is 0 Å². The number of hydrogen-bond acceptors (Lipinski definition) is 3. The summed E-state index contributed by atoms with van der Waals surface area (Å²) in [5.74, 6) is 0.0543. The molecule has 0 amide bonds. The maximum atomic E-state index is 11.6. The van der Waals surface area contributed by atoms with Crippen molar-refractivity contribution in [3.05, 3.63) is 48.2 Å². The van der Waals surface area contributed by atoms with Gasteiger partial charge in [0.15, 0.2) is 5.78 Å². The van der Waals surface area contributed by atoms with E-state index in [1.54, 1.807) is 6.08 Å². The van der Waals surface area contributed by atoms with Crippen LogP contribution in [0.4, 0.5) is 4.79 Å². The van der Waals surface area contributed by atoms with Gasteiger partial charge < -0.3 is 31.9 Å². The van der Waals surface area contributed by atoms with Crippen molar-refractivity contribution in [2.24, 2.45) is 0 Å². The van der Waals surface area contributed by atoms with Crippen LogP contribution >= 0.6 is 0 Å². The molecule has 1 aromatic carbocycles. The first-order valence-electron chi connectivity index (χ1n) is 5.22. The van der Waals surface area contributed by atoms with Crippen LogP contribution in [-0.4, -0.2) is 42.7 Å². The summed E-state index contributed by atoms with van der Waals surface area (Å²) in [4.78, 5) is 20.0. The Balaban J connectivity index is -0.000000429. The third-order valence-corrected chi connectivity index (χ3v) is 1.73. The molecule has 0 fully saturated rings. The van der Waals surface area contributed by atoms with E-state index in [1.807, 2.05) is 57.7 Å². The van der Waals surface area contributed by atoms with E-state index in [1.165, 1.54) is 0 Å². The summed E-state index contributed by atoms with van der Waals surface area (Å²) < 4.78 is 0.651. The number of halogens is 1. The number of hydrogen-bond donors (Lipinski definition) is 1. The van der Waals surface area contributed by atoms with Gasteiger partial charge in [0, 0.05) is 11.6 Å². The van der Waals surface area contributed by atoms with Crippen LogP contribution in [0.15, 0.2) is 42.6 Å². The molecule has 0 aliphatic rings. The van der Waals surface area contributed by atoms with Gasteiger partial charge in [0.2, 0.25) is 6.16 Å². The van der Waals surface area contributed by atoms with Crippen LogP contribution < -0.4 is 47.1 Å². The van der Waals surface area contributed by atoms with Gasteiger partial charge in [-0.1, -0.05) is 30.3 Å². The summed E-state index contributed by atoms with van der Waals surface area (Å²) in [5, 5.41) is 15.3. The molecule has 0 unspecified atom stereocenters. The molecule has 0 bridgehead atoms. The molecule has 0 saturated carbocycles. The van der Waals surface area contributed by atoms with Crippen molar-refractivity contribution in [2.45, 2.75) is 0 Å². The maximum absolute atomic E-state index is 11.6. The van der Waals surface area contributed by atoms with E-state index < -0.39 is 6.16 Å². The molecule has 0 radical (unpaired) electrons. The van der Waals surface area contributed by atoms with E-state index in [-0.39, 0.29) is 47.7 Å². The van der Waals surface area contributed by atoms with Crippen molar-refractivity contribution < 1.29 is 66.2 Å². The molecular weight excluding hydrogens is 293 g/mol. The van der Waals surface area contributed by atoms with Gasteiger partial charge in [-0.2, -0.15) is 0 Å². The molecule has 0 aromatic heterocycles. The normalized spacial score (nSPS) is 9.55. The number of benzene rings is 1. The Kier molecular flexibility index (Phi) is 14.4. The molecule has 5 nitrogen and oxygen atoms in total. The van der Waals surface area contributed by atoms with E-state index in [0.29, 0.717) is 4.48 Å². The zero-order chi connectivity index (χ0) is 14.2. The molecule has 0 aliphatic carbocycles. The van der Waals surface area contributed by atoms with Gasteiger partial charge in [0.05, 0.1) is 27.3 Å². The van der Waals surface area contributed by atoms with Crippen LogP contribution in [0.3, 0.4) is 0 Å². The Morgan fingerprint density at radius 1 is 1.15 bits per heavy atom. The molecule has 0 spiro atoms. The Morgan fingerprint density at radius 2 is 1.55 bits per heavy atom. The SMILES string of the molecule is C[N+](C)(C)C=CC(=O)c1ccccc1.O=C([O-])O.[Cl-].[Na+]. The zero-order valence-corrected chi connectivity index (χ0v) is 14.8. The predicted molar refractivity (Wildman–Crippen MR) is 66.0 cm³/mol. The van der Waals surface area contributed by atoms with E-state index in [2.05, 4.69) is 0 Å². The first-order valence-corrected chi connectivity index (χ1v) is 5.22. The molecule has 1 rings (SSSR count). The van der Waals surface area contributed by atoms with E-state index in [9.17, 15) is 4.79 Å². The van der Waals surface area contributed by atoms with Crippen LogP contribution in [0.1, 0.15) is 10.4 Å². The van der Waals surface area contributed by atoms with Crippen LogP contribution in [0.2, 0.25) is 0 Å². The second-order valence-corrected chi connectivity index (χ2v) is 4.43. The average Bonchev–Trinajstić information content (AvgIpc) is 2.25. The molecule has 0 aliphatic heterocycles. The van der Waals surface area contributed by atoms with Gasteiger partial charge in [0.25, 0.3) is 0 Å². The zero-order valence-electron chi connectivity index (χ0n) is 12.0. The van der Waals surface area contributed by atoms with Gasteiger partial charge in [-0.05, 0) is 0 Å². The van der Waals surface area contributed by atoms with Crippen LogP contribution in [-0.2, 0) is 0 Å². The minimum Gasteiger partial charge on any atom is -1.00 e. The summed E-state index contributed by atoms with van der Waals surface area (Å²) in [7, 11) is 6.03. The van der Waals surface area contributed by atoms with Crippen LogP contribution in [0.25, 0.3) is 0 Å². The average molecular weight is 310 g/mol. The van der Waals surface area contributed by atoms with E-state index in [4.69, 9.17) is 15.0 Å². The molecule has 1 N–H and O–H groups in total. The first kappa shape index (κ1) is 24.2. The maximum Gasteiger partial charge on any atom is 1.00 e. The number of carboxylic acid groups (broad SMARTS) is 2. The largest absolute Gasteiger partial charge is 1.00 e. The summed E-state index contributed by atoms with van der Waals surface area (Å²) in [6.45, 7) is 0. The van der Waals surface area contributed by atoms with Crippen molar-refractivity contribution in [2.75, 3.05) is 21.1 Å². The number of carbonyl (C=O) groups is 2. The van der Waals surface area contributed by atoms with Crippen molar-refractivity contribution in [3.8, 4) is 0 Å². The summed E-state index contributed by atoms with van der Waals surface area (Å²) in [6.07, 6.45) is 1.41. The summed E-state index contributed by atoms with van der Waals surface area (Å²) in [6, 6.07) is 9.28. The summed E-state index contributed by atoms with van der Waals surface area (Å²) in [5.41, 5.74) is 0.734. The molecule has 106 valence electrons. The van der Waals surface area contributed by atoms with Gasteiger partial charge in [-0.3, -0.25) is 4.79 Å². The molecule has 0 atom stereocenters. The number of ketones is 1. The van der Waals surface area contributed by atoms with Crippen LogP contribution in [0, 0.1) is 0 Å². The standard InChI is InChI=1S/C12H16NO.CH2O3.ClH.Na/c1-13(2,3)10-9-12(14)11-7-5-4-6-8-11;2-1(3)4;;/h4-10H,1-3H3;(H2,2,3,4);1H;/q+1;;;+1/p-2. The fourth-order valence-corrected chi connectivity index (χ4v) is 0.990. The van der Waals surface area contributed by atoms with Gasteiger partial charge >= 0.3 is 29.6 Å². The quantitative estimate of drug-likeness (QED) is 0.262. The molecule has 20 heavy (non-hydrogen) atoms. The molecule has 1 aromatic rings. The predicted octanol–water partition coefficient (Wildman–Crippen LogP) is -5.02. The second kappa shape index (κ2) is 11.9. The second-order valence-electron chi connectivity index (χ2n) is 4.43. The van der Waals surface area contributed by atoms with Crippen molar-refractivity contribution in [1.82, 2.24) is 0 Å². The number of allylic oxidation sites excluding steroid dienone is 1. The Morgan fingerprint density at radius 3 is 1.90 bits per heavy atom. The number of nitrogens with zero attached hydrogens (tertiary/aromatic N) is 1. The third kappa shape index (κ3) is 15.2. The Labute approximate surface area is 147 Å². The number of carbonyl (C=O) groups excluding carboxylic acids is 1. The van der Waals surface area contributed by atoms with Gasteiger partial charge in [0.1, 0.15) is 0 Å².